The van der Waals surface area contributed by atoms with Gasteiger partial charge in [0, 0.05) is 30.3 Å². The van der Waals surface area contributed by atoms with Crippen LogP contribution in [0, 0.1) is 5.41 Å². The minimum Gasteiger partial charge on any atom is -0.396 e. The molecule has 2 amide bonds. The van der Waals surface area contributed by atoms with Gasteiger partial charge >= 0.3 is 6.03 Å². The van der Waals surface area contributed by atoms with Crippen molar-refractivity contribution in [3.05, 3.63) is 52.5 Å². The van der Waals surface area contributed by atoms with Crippen molar-refractivity contribution < 1.29 is 9.90 Å². The van der Waals surface area contributed by atoms with Gasteiger partial charge in [-0.25, -0.2) is 9.78 Å². The molecule has 0 aliphatic rings. The number of nitrogens with one attached hydrogen (secondary N) is 2. The molecule has 2 aromatic rings. The number of amides is 2. The van der Waals surface area contributed by atoms with E-state index >= 15 is 0 Å². The summed E-state index contributed by atoms with van der Waals surface area (Å²) in [6.45, 7) is 2.95. The van der Waals surface area contributed by atoms with E-state index in [1.54, 1.807) is 16.8 Å². The first-order chi connectivity index (χ1) is 11.1. The number of urea groups is 1. The number of aliphatic hydroxyl groups excluding tert-OH is 1. The summed E-state index contributed by atoms with van der Waals surface area (Å²) in [5.41, 5.74) is 3.54. The van der Waals surface area contributed by atoms with E-state index in [0.29, 0.717) is 19.5 Å². The Labute approximate surface area is 140 Å². The van der Waals surface area contributed by atoms with Gasteiger partial charge in [-0.2, -0.15) is 0 Å². The zero-order valence-corrected chi connectivity index (χ0v) is 14.1. The van der Waals surface area contributed by atoms with Crippen LogP contribution in [0.2, 0.25) is 0 Å². The molecule has 0 aliphatic carbocycles. The Kier molecular flexibility index (Phi) is 6.55. The molecule has 0 saturated heterocycles. The second-order valence-corrected chi connectivity index (χ2v) is 6.69. The van der Waals surface area contributed by atoms with E-state index in [9.17, 15) is 9.90 Å². The molecule has 1 aromatic carbocycles. The first-order valence-corrected chi connectivity index (χ1v) is 8.59. The van der Waals surface area contributed by atoms with Crippen molar-refractivity contribution in [2.24, 2.45) is 5.41 Å². The van der Waals surface area contributed by atoms with Crippen LogP contribution >= 0.6 is 11.3 Å². The fourth-order valence-electron chi connectivity index (χ4n) is 2.28. The standard InChI is InChI=1S/C17H23N3O2S/c1-17(12-21,9-14-5-3-2-4-6-14)11-19-16(22)18-8-7-15-10-23-13-20-15/h2-6,10,13,21H,7-9,11-12H2,1H3,(H2,18,19,22)/t17-/m0/s1. The molecular weight excluding hydrogens is 310 g/mol. The van der Waals surface area contributed by atoms with Crippen molar-refractivity contribution >= 4 is 17.4 Å². The molecule has 124 valence electrons. The highest BCUT2D eigenvalue weighted by molar-refractivity contribution is 7.07. The Morgan fingerprint density at radius 3 is 2.74 bits per heavy atom. The van der Waals surface area contributed by atoms with Gasteiger partial charge in [0.1, 0.15) is 0 Å². The lowest BCUT2D eigenvalue weighted by Crippen LogP contribution is -2.44. The molecule has 1 aromatic heterocycles. The lowest BCUT2D eigenvalue weighted by Gasteiger charge is -2.27. The summed E-state index contributed by atoms with van der Waals surface area (Å²) in [6.07, 6.45) is 1.43. The van der Waals surface area contributed by atoms with Crippen LogP contribution in [0.3, 0.4) is 0 Å². The van der Waals surface area contributed by atoms with Crippen molar-refractivity contribution in [2.45, 2.75) is 19.8 Å². The maximum Gasteiger partial charge on any atom is 0.314 e. The Bertz CT molecular complexity index is 589. The molecule has 23 heavy (non-hydrogen) atoms. The fourth-order valence-corrected chi connectivity index (χ4v) is 2.88. The topological polar surface area (TPSA) is 74.2 Å². The Hall–Kier alpha value is -1.92. The van der Waals surface area contributed by atoms with Crippen molar-refractivity contribution in [3.63, 3.8) is 0 Å². The molecule has 0 aliphatic heterocycles. The highest BCUT2D eigenvalue weighted by atomic mass is 32.1. The van der Waals surface area contributed by atoms with E-state index in [2.05, 4.69) is 15.6 Å². The molecule has 0 saturated carbocycles. The summed E-state index contributed by atoms with van der Waals surface area (Å²) in [5, 5.41) is 17.3. The number of nitrogens with zero attached hydrogens (tertiary/aromatic N) is 1. The lowest BCUT2D eigenvalue weighted by molar-refractivity contribution is 0.140. The summed E-state index contributed by atoms with van der Waals surface area (Å²) in [6, 6.07) is 9.77. The fraction of sp³-hybridized carbons (Fsp3) is 0.412. The molecule has 1 atom stereocenters. The van der Waals surface area contributed by atoms with Crippen LogP contribution in [0.5, 0.6) is 0 Å². The highest BCUT2D eigenvalue weighted by Crippen LogP contribution is 2.21. The first kappa shape index (κ1) is 17.4. The van der Waals surface area contributed by atoms with E-state index in [4.69, 9.17) is 0 Å². The SMILES string of the molecule is C[C@@](CO)(CNC(=O)NCCc1cscn1)Cc1ccccc1. The van der Waals surface area contributed by atoms with Gasteiger partial charge in [-0.1, -0.05) is 37.3 Å². The maximum atomic E-state index is 11.9. The molecule has 3 N–H and O–H groups in total. The van der Waals surface area contributed by atoms with Crippen LogP contribution in [-0.4, -0.2) is 35.8 Å². The van der Waals surface area contributed by atoms with Crippen molar-refractivity contribution in [1.29, 1.82) is 0 Å². The molecular formula is C17H23N3O2S. The predicted molar refractivity (Wildman–Crippen MR) is 92.6 cm³/mol. The number of benzene rings is 1. The third kappa shape index (κ3) is 6.00. The smallest absolute Gasteiger partial charge is 0.314 e. The third-order valence-electron chi connectivity index (χ3n) is 3.68. The third-order valence-corrected chi connectivity index (χ3v) is 4.32. The van der Waals surface area contributed by atoms with Crippen molar-refractivity contribution in [3.8, 4) is 0 Å². The van der Waals surface area contributed by atoms with Gasteiger partial charge in [0.15, 0.2) is 0 Å². The van der Waals surface area contributed by atoms with Gasteiger partial charge in [-0.15, -0.1) is 11.3 Å². The Morgan fingerprint density at radius 1 is 1.30 bits per heavy atom. The number of aromatic nitrogens is 1. The second-order valence-electron chi connectivity index (χ2n) is 5.97. The predicted octanol–water partition coefficient (Wildman–Crippen LogP) is 2.23. The number of carbonyl (C=O) groups is 1. The molecule has 5 nitrogen and oxygen atoms in total. The van der Waals surface area contributed by atoms with Crippen LogP contribution < -0.4 is 10.6 Å². The number of hydrogen-bond acceptors (Lipinski definition) is 4. The summed E-state index contributed by atoms with van der Waals surface area (Å²) >= 11 is 1.55. The number of thiazole rings is 1. The molecule has 0 fully saturated rings. The summed E-state index contributed by atoms with van der Waals surface area (Å²) < 4.78 is 0. The molecule has 1 heterocycles. The Balaban J connectivity index is 1.74. The number of aliphatic hydroxyl groups is 1. The van der Waals surface area contributed by atoms with Crippen LogP contribution in [0.1, 0.15) is 18.2 Å². The van der Waals surface area contributed by atoms with Gasteiger partial charge < -0.3 is 15.7 Å². The second kappa shape index (κ2) is 8.64. The van der Waals surface area contributed by atoms with E-state index < -0.39 is 0 Å². The zero-order valence-electron chi connectivity index (χ0n) is 13.3. The lowest BCUT2D eigenvalue weighted by atomic mass is 9.84. The van der Waals surface area contributed by atoms with E-state index in [0.717, 1.165) is 17.7 Å². The summed E-state index contributed by atoms with van der Waals surface area (Å²) in [5.74, 6) is 0. The molecule has 0 radical (unpaired) electrons. The van der Waals surface area contributed by atoms with E-state index in [1.807, 2.05) is 42.6 Å². The van der Waals surface area contributed by atoms with Crippen molar-refractivity contribution in [2.75, 3.05) is 19.7 Å². The van der Waals surface area contributed by atoms with Crippen LogP contribution in [0.15, 0.2) is 41.2 Å². The molecule has 0 unspecified atom stereocenters. The Morgan fingerprint density at radius 2 is 2.09 bits per heavy atom. The van der Waals surface area contributed by atoms with Gasteiger partial charge in [0.25, 0.3) is 0 Å². The summed E-state index contributed by atoms with van der Waals surface area (Å²) in [7, 11) is 0. The first-order valence-electron chi connectivity index (χ1n) is 7.65. The van der Waals surface area contributed by atoms with Crippen molar-refractivity contribution in [1.82, 2.24) is 15.6 Å². The van der Waals surface area contributed by atoms with Gasteiger partial charge in [-0.3, -0.25) is 0 Å². The van der Waals surface area contributed by atoms with Crippen LogP contribution in [-0.2, 0) is 12.8 Å². The van der Waals surface area contributed by atoms with Gasteiger partial charge in [-0.05, 0) is 12.0 Å². The van der Waals surface area contributed by atoms with Crippen LogP contribution in [0.25, 0.3) is 0 Å². The molecule has 6 heteroatoms. The van der Waals surface area contributed by atoms with Gasteiger partial charge in [0.2, 0.25) is 0 Å². The molecule has 0 spiro atoms. The number of carbonyl (C=O) groups excluding carboxylic acids is 1. The number of rotatable bonds is 8. The molecule has 2 rings (SSSR count). The maximum absolute atomic E-state index is 11.9. The average molecular weight is 333 g/mol. The van der Waals surface area contributed by atoms with E-state index in [1.165, 1.54) is 0 Å². The molecule has 0 bridgehead atoms. The minimum atomic E-state index is -0.381. The average Bonchev–Trinajstić information content (AvgIpc) is 3.07. The monoisotopic (exact) mass is 333 g/mol. The summed E-state index contributed by atoms with van der Waals surface area (Å²) in [4.78, 5) is 16.0. The van der Waals surface area contributed by atoms with E-state index in [-0.39, 0.29) is 18.1 Å². The minimum absolute atomic E-state index is 0.0149. The quantitative estimate of drug-likeness (QED) is 0.693. The van der Waals surface area contributed by atoms with Crippen LogP contribution in [0.4, 0.5) is 4.79 Å². The highest BCUT2D eigenvalue weighted by Gasteiger charge is 2.24. The van der Waals surface area contributed by atoms with Gasteiger partial charge in [0.05, 0.1) is 17.8 Å². The largest absolute Gasteiger partial charge is 0.396 e. The number of hydrogen-bond donors (Lipinski definition) is 3. The normalized spacial score (nSPS) is 13.3. The zero-order chi connectivity index (χ0) is 16.5.